The zero-order chi connectivity index (χ0) is 17.4. The molecule has 2 N–H and O–H groups in total. The van der Waals surface area contributed by atoms with Crippen molar-refractivity contribution in [1.82, 2.24) is 4.57 Å². The molecule has 124 valence electrons. The van der Waals surface area contributed by atoms with Gasteiger partial charge in [-0.25, -0.2) is 0 Å². The number of nitrogens with zero attached hydrogens (tertiary/aromatic N) is 1. The summed E-state index contributed by atoms with van der Waals surface area (Å²) < 4.78 is 2.11. The number of nitrogen functional groups attached to an aromatic ring is 1. The summed E-state index contributed by atoms with van der Waals surface area (Å²) in [5.41, 5.74) is 11.4. The number of fused-ring (bicyclic) bond motifs is 1. The van der Waals surface area contributed by atoms with Crippen LogP contribution in [0.1, 0.15) is 41.4 Å². The Morgan fingerprint density at radius 1 is 1.17 bits per heavy atom. The summed E-state index contributed by atoms with van der Waals surface area (Å²) in [5, 5.41) is 0.944. The molecule has 3 aromatic rings. The molecule has 3 rings (SSSR count). The minimum Gasteiger partial charge on any atom is -0.399 e. The molecule has 3 nitrogen and oxygen atoms in total. The number of aromatic nitrogens is 1. The number of ketones is 1. The molecule has 0 saturated carbocycles. The number of nitrogens with two attached hydrogens (primary N) is 1. The van der Waals surface area contributed by atoms with Crippen molar-refractivity contribution in [3.05, 3.63) is 59.3 Å². The molecule has 24 heavy (non-hydrogen) atoms. The van der Waals surface area contributed by atoms with E-state index in [1.54, 1.807) is 0 Å². The molecule has 4 heteroatoms. The van der Waals surface area contributed by atoms with E-state index in [0.717, 1.165) is 22.3 Å². The van der Waals surface area contributed by atoms with E-state index in [4.69, 9.17) is 17.3 Å². The Morgan fingerprint density at radius 2 is 1.83 bits per heavy atom. The number of carbonyl (C=O) groups is 1. The van der Waals surface area contributed by atoms with Gasteiger partial charge < -0.3 is 10.3 Å². The molecule has 0 spiro atoms. The molecule has 0 fully saturated rings. The van der Waals surface area contributed by atoms with Gasteiger partial charge in [-0.1, -0.05) is 26.0 Å². The van der Waals surface area contributed by atoms with Gasteiger partial charge in [-0.2, -0.15) is 0 Å². The first kappa shape index (κ1) is 16.6. The van der Waals surface area contributed by atoms with Gasteiger partial charge in [-0.15, -0.1) is 11.6 Å². The molecular formula is C20H21ClN2O. The second-order valence-corrected chi connectivity index (χ2v) is 6.64. The Hall–Kier alpha value is -2.26. The molecule has 2 aromatic carbocycles. The Kier molecular flexibility index (Phi) is 4.37. The number of alkyl halides is 1. The highest BCUT2D eigenvalue weighted by Crippen LogP contribution is 2.32. The highest BCUT2D eigenvalue weighted by atomic mass is 35.5. The van der Waals surface area contributed by atoms with E-state index in [-0.39, 0.29) is 11.7 Å². The summed E-state index contributed by atoms with van der Waals surface area (Å²) in [4.78, 5) is 12.4. The van der Waals surface area contributed by atoms with Crippen molar-refractivity contribution in [2.24, 2.45) is 0 Å². The van der Waals surface area contributed by atoms with Gasteiger partial charge in [-0.3, -0.25) is 4.79 Å². The molecule has 0 aliphatic carbocycles. The van der Waals surface area contributed by atoms with Crippen molar-refractivity contribution in [2.45, 2.75) is 26.7 Å². The predicted molar refractivity (Wildman–Crippen MR) is 102 cm³/mol. The van der Waals surface area contributed by atoms with Crippen LogP contribution in [0.15, 0.2) is 42.5 Å². The Labute approximate surface area is 147 Å². The minimum atomic E-state index is -0.0503. The number of hydrogen-bond donors (Lipinski definition) is 1. The molecule has 1 aromatic heterocycles. The van der Waals surface area contributed by atoms with Crippen LogP contribution in [0.25, 0.3) is 16.6 Å². The molecule has 0 radical (unpaired) electrons. The normalized spacial score (nSPS) is 11.4. The van der Waals surface area contributed by atoms with Crippen molar-refractivity contribution in [2.75, 3.05) is 11.6 Å². The third kappa shape index (κ3) is 2.69. The number of halogens is 1. The molecule has 0 bridgehead atoms. The van der Waals surface area contributed by atoms with Crippen LogP contribution in [0, 0.1) is 6.92 Å². The topological polar surface area (TPSA) is 48.0 Å². The zero-order valence-corrected chi connectivity index (χ0v) is 14.9. The maximum atomic E-state index is 12.4. The lowest BCUT2D eigenvalue weighted by atomic mass is 10.00. The molecule has 1 heterocycles. The predicted octanol–water partition coefficient (Wildman–Crippen LogP) is 5.07. The average Bonchev–Trinajstić information content (AvgIpc) is 2.86. The van der Waals surface area contributed by atoms with Crippen molar-refractivity contribution in [1.29, 1.82) is 0 Å². The van der Waals surface area contributed by atoms with E-state index in [0.29, 0.717) is 17.2 Å². The van der Waals surface area contributed by atoms with Gasteiger partial charge >= 0.3 is 0 Å². The summed E-state index contributed by atoms with van der Waals surface area (Å²) in [6.07, 6.45) is 0. The van der Waals surface area contributed by atoms with E-state index < -0.39 is 0 Å². The standard InChI is InChI=1S/C20H21ClN2O/c1-12(2)14-4-9-17-18(10-14)23(13(3)20(17)19(24)11-21)16-7-5-15(22)6-8-16/h4-10,12H,11,22H2,1-3H3. The minimum absolute atomic E-state index is 0.0202. The van der Waals surface area contributed by atoms with Crippen LogP contribution in [0.4, 0.5) is 5.69 Å². The van der Waals surface area contributed by atoms with Gasteiger partial charge in [-0.05, 0) is 48.7 Å². The summed E-state index contributed by atoms with van der Waals surface area (Å²) in [6, 6.07) is 14.0. The van der Waals surface area contributed by atoms with E-state index in [9.17, 15) is 4.79 Å². The summed E-state index contributed by atoms with van der Waals surface area (Å²) in [6.45, 7) is 6.29. The third-order valence-corrected chi connectivity index (χ3v) is 4.69. The summed E-state index contributed by atoms with van der Waals surface area (Å²) >= 11 is 5.84. The van der Waals surface area contributed by atoms with Gasteiger partial charge in [0.25, 0.3) is 0 Å². The van der Waals surface area contributed by atoms with E-state index in [2.05, 4.69) is 30.5 Å². The molecule has 0 unspecified atom stereocenters. The van der Waals surface area contributed by atoms with E-state index in [1.165, 1.54) is 5.56 Å². The fourth-order valence-electron chi connectivity index (χ4n) is 3.17. The van der Waals surface area contributed by atoms with E-state index in [1.807, 2.05) is 37.3 Å². The molecule has 0 aliphatic rings. The van der Waals surface area contributed by atoms with Crippen LogP contribution < -0.4 is 5.73 Å². The zero-order valence-electron chi connectivity index (χ0n) is 14.1. The SMILES string of the molecule is Cc1c(C(=O)CCl)c2ccc(C(C)C)cc2n1-c1ccc(N)cc1. The fraction of sp³-hybridized carbons (Fsp3) is 0.250. The lowest BCUT2D eigenvalue weighted by molar-refractivity contribution is 0.102. The Morgan fingerprint density at radius 3 is 2.42 bits per heavy atom. The maximum absolute atomic E-state index is 12.4. The highest BCUT2D eigenvalue weighted by molar-refractivity contribution is 6.32. The van der Waals surface area contributed by atoms with Crippen LogP contribution >= 0.6 is 11.6 Å². The maximum Gasteiger partial charge on any atom is 0.180 e. The first-order chi connectivity index (χ1) is 11.4. The first-order valence-corrected chi connectivity index (χ1v) is 8.57. The Balaban J connectivity index is 2.37. The molecule has 0 aliphatic heterocycles. The van der Waals surface area contributed by atoms with Crippen LogP contribution in [-0.2, 0) is 0 Å². The van der Waals surface area contributed by atoms with Crippen LogP contribution in [0.3, 0.4) is 0 Å². The average molecular weight is 341 g/mol. The number of hydrogen-bond acceptors (Lipinski definition) is 2. The van der Waals surface area contributed by atoms with Gasteiger partial charge in [0.2, 0.25) is 0 Å². The first-order valence-electron chi connectivity index (χ1n) is 8.04. The fourth-order valence-corrected chi connectivity index (χ4v) is 3.30. The van der Waals surface area contributed by atoms with Crippen LogP contribution in [0.5, 0.6) is 0 Å². The van der Waals surface area contributed by atoms with Crippen molar-refractivity contribution >= 4 is 34.0 Å². The molecular weight excluding hydrogens is 320 g/mol. The van der Waals surface area contributed by atoms with Crippen molar-refractivity contribution in [3.8, 4) is 5.69 Å². The van der Waals surface area contributed by atoms with Gasteiger partial charge in [0, 0.05) is 28.0 Å². The lowest BCUT2D eigenvalue weighted by Gasteiger charge is -2.11. The number of anilines is 1. The second kappa shape index (κ2) is 6.33. The molecule has 0 amide bonds. The second-order valence-electron chi connectivity index (χ2n) is 6.38. The number of Topliss-reactive ketones (excluding diaryl/α,β-unsaturated/α-hetero) is 1. The number of benzene rings is 2. The van der Waals surface area contributed by atoms with Crippen LogP contribution in [0.2, 0.25) is 0 Å². The van der Waals surface area contributed by atoms with Crippen LogP contribution in [-0.4, -0.2) is 16.2 Å². The quantitative estimate of drug-likeness (QED) is 0.409. The summed E-state index contributed by atoms with van der Waals surface area (Å²) in [7, 11) is 0. The third-order valence-electron chi connectivity index (χ3n) is 4.45. The van der Waals surface area contributed by atoms with Gasteiger partial charge in [0.05, 0.1) is 11.4 Å². The van der Waals surface area contributed by atoms with Crippen molar-refractivity contribution < 1.29 is 4.79 Å². The molecule has 0 saturated heterocycles. The summed E-state index contributed by atoms with van der Waals surface area (Å²) in [5.74, 6) is 0.343. The van der Waals surface area contributed by atoms with Crippen molar-refractivity contribution in [3.63, 3.8) is 0 Å². The van der Waals surface area contributed by atoms with E-state index >= 15 is 0 Å². The smallest absolute Gasteiger partial charge is 0.180 e. The van der Waals surface area contributed by atoms with Gasteiger partial charge in [0.15, 0.2) is 5.78 Å². The Bertz CT molecular complexity index is 908. The number of rotatable bonds is 4. The molecule has 0 atom stereocenters. The lowest BCUT2D eigenvalue weighted by Crippen LogP contribution is -2.04. The number of carbonyl (C=O) groups excluding carboxylic acids is 1. The largest absolute Gasteiger partial charge is 0.399 e. The highest BCUT2D eigenvalue weighted by Gasteiger charge is 2.20. The van der Waals surface area contributed by atoms with Gasteiger partial charge in [0.1, 0.15) is 0 Å². The monoisotopic (exact) mass is 340 g/mol.